The van der Waals surface area contributed by atoms with Crippen LogP contribution in [0.25, 0.3) is 0 Å². The monoisotopic (exact) mass is 260 g/mol. The van der Waals surface area contributed by atoms with Crippen LogP contribution >= 0.6 is 0 Å². The van der Waals surface area contributed by atoms with Crippen LogP contribution in [0.1, 0.15) is 39.0 Å². The summed E-state index contributed by atoms with van der Waals surface area (Å²) in [6, 6.07) is 0. The Bertz CT molecular complexity index is 207. The molecule has 17 heavy (non-hydrogen) atoms. The van der Waals surface area contributed by atoms with Crippen molar-refractivity contribution in [2.24, 2.45) is 11.7 Å². The van der Waals surface area contributed by atoms with Gasteiger partial charge in [0.1, 0.15) is 0 Å². The molecule has 1 fully saturated rings. The van der Waals surface area contributed by atoms with E-state index in [1.807, 2.05) is 0 Å². The summed E-state index contributed by atoms with van der Waals surface area (Å²) >= 11 is 0. The van der Waals surface area contributed by atoms with E-state index in [2.05, 4.69) is 11.8 Å². The molecule has 1 heterocycles. The third-order valence-electron chi connectivity index (χ3n) is 3.63. The predicted molar refractivity (Wildman–Crippen MR) is 75.6 cm³/mol. The summed E-state index contributed by atoms with van der Waals surface area (Å²) in [6.07, 6.45) is 6.36. The largest absolute Gasteiger partial charge is 0.330 e. The van der Waals surface area contributed by atoms with Gasteiger partial charge in [-0.1, -0.05) is 19.8 Å². The van der Waals surface area contributed by atoms with Crippen LogP contribution in [-0.4, -0.2) is 46.8 Å². The van der Waals surface area contributed by atoms with Crippen molar-refractivity contribution >= 4 is 10.8 Å². The minimum Gasteiger partial charge on any atom is -0.330 e. The van der Waals surface area contributed by atoms with E-state index in [1.54, 1.807) is 0 Å². The second-order valence-electron chi connectivity index (χ2n) is 5.06. The Morgan fingerprint density at radius 2 is 1.94 bits per heavy atom. The molecule has 4 heteroatoms. The lowest BCUT2D eigenvalue weighted by Crippen LogP contribution is -2.38. The molecular formula is C13H28N2OS. The van der Waals surface area contributed by atoms with Gasteiger partial charge in [-0.15, -0.1) is 0 Å². The van der Waals surface area contributed by atoms with Crippen LogP contribution in [0.2, 0.25) is 0 Å². The molecule has 1 aliphatic rings. The van der Waals surface area contributed by atoms with Crippen molar-refractivity contribution in [2.45, 2.75) is 39.0 Å². The van der Waals surface area contributed by atoms with Crippen LogP contribution in [0.3, 0.4) is 0 Å². The molecule has 0 saturated carbocycles. The van der Waals surface area contributed by atoms with Gasteiger partial charge < -0.3 is 10.6 Å². The Labute approximate surface area is 109 Å². The van der Waals surface area contributed by atoms with Gasteiger partial charge in [-0.05, 0) is 38.3 Å². The first kappa shape index (κ1) is 15.1. The van der Waals surface area contributed by atoms with E-state index < -0.39 is 10.8 Å². The minimum atomic E-state index is -0.539. The number of hydrogen-bond acceptors (Lipinski definition) is 3. The zero-order valence-corrected chi connectivity index (χ0v) is 12.0. The lowest BCUT2D eigenvalue weighted by molar-refractivity contribution is 0.277. The summed E-state index contributed by atoms with van der Waals surface area (Å²) in [4.78, 5) is 2.47. The second kappa shape index (κ2) is 9.06. The molecule has 0 radical (unpaired) electrons. The summed E-state index contributed by atoms with van der Waals surface area (Å²) in [6.45, 7) is 6.32. The highest BCUT2D eigenvalue weighted by atomic mass is 32.2. The highest BCUT2D eigenvalue weighted by Crippen LogP contribution is 2.17. The average Bonchev–Trinajstić information content (AvgIpc) is 2.32. The smallest absolute Gasteiger partial charge is 0.0363 e. The molecule has 1 saturated heterocycles. The fourth-order valence-electron chi connectivity index (χ4n) is 2.58. The molecule has 0 bridgehead atoms. The van der Waals surface area contributed by atoms with Crippen LogP contribution in [0, 0.1) is 5.92 Å². The van der Waals surface area contributed by atoms with Gasteiger partial charge in [0.2, 0.25) is 0 Å². The molecule has 0 amide bonds. The standard InChI is InChI=1S/C13H28N2OS/c1-2-4-13(6-7-14)5-3-8-15-9-11-17(16)12-10-15/h13H,2-12,14H2,1H3. The topological polar surface area (TPSA) is 46.3 Å². The van der Waals surface area contributed by atoms with Crippen molar-refractivity contribution in [3.05, 3.63) is 0 Å². The van der Waals surface area contributed by atoms with Crippen molar-refractivity contribution in [2.75, 3.05) is 37.7 Å². The fourth-order valence-corrected chi connectivity index (χ4v) is 3.71. The van der Waals surface area contributed by atoms with Crippen LogP contribution in [-0.2, 0) is 10.8 Å². The lowest BCUT2D eigenvalue weighted by atomic mass is 9.94. The quantitative estimate of drug-likeness (QED) is 0.721. The van der Waals surface area contributed by atoms with Gasteiger partial charge in [-0.3, -0.25) is 4.21 Å². The van der Waals surface area contributed by atoms with Crippen molar-refractivity contribution in [1.82, 2.24) is 4.90 Å². The Balaban J connectivity index is 2.10. The van der Waals surface area contributed by atoms with E-state index in [0.29, 0.717) is 0 Å². The van der Waals surface area contributed by atoms with Crippen LogP contribution < -0.4 is 5.73 Å². The van der Waals surface area contributed by atoms with Gasteiger partial charge in [-0.25, -0.2) is 0 Å². The summed E-state index contributed by atoms with van der Waals surface area (Å²) in [5.41, 5.74) is 5.65. The van der Waals surface area contributed by atoms with E-state index in [9.17, 15) is 4.21 Å². The third-order valence-corrected chi connectivity index (χ3v) is 4.90. The van der Waals surface area contributed by atoms with Crippen LogP contribution in [0.15, 0.2) is 0 Å². The molecule has 0 spiro atoms. The summed E-state index contributed by atoms with van der Waals surface area (Å²) in [5.74, 6) is 2.58. The molecule has 1 atom stereocenters. The maximum absolute atomic E-state index is 11.2. The average molecular weight is 260 g/mol. The molecule has 0 aliphatic carbocycles. The van der Waals surface area contributed by atoms with Crippen molar-refractivity contribution in [3.63, 3.8) is 0 Å². The number of nitrogens with zero attached hydrogens (tertiary/aromatic N) is 1. The number of rotatable bonds is 8. The Morgan fingerprint density at radius 1 is 1.24 bits per heavy atom. The predicted octanol–water partition coefficient (Wildman–Crippen LogP) is 1.60. The lowest BCUT2D eigenvalue weighted by Gasteiger charge is -2.26. The summed E-state index contributed by atoms with van der Waals surface area (Å²) in [5, 5.41) is 0. The van der Waals surface area contributed by atoms with E-state index in [-0.39, 0.29) is 0 Å². The molecule has 1 aliphatic heterocycles. The van der Waals surface area contributed by atoms with Gasteiger partial charge >= 0.3 is 0 Å². The maximum atomic E-state index is 11.2. The molecule has 1 unspecified atom stereocenters. The first-order chi connectivity index (χ1) is 8.26. The Kier molecular flexibility index (Phi) is 8.06. The molecular weight excluding hydrogens is 232 g/mol. The van der Waals surface area contributed by atoms with E-state index >= 15 is 0 Å². The third kappa shape index (κ3) is 6.53. The molecule has 102 valence electrons. The Hall–Kier alpha value is 0.0700. The summed E-state index contributed by atoms with van der Waals surface area (Å²) < 4.78 is 11.2. The van der Waals surface area contributed by atoms with E-state index in [0.717, 1.165) is 37.1 Å². The molecule has 0 aromatic carbocycles. The number of nitrogens with two attached hydrogens (primary N) is 1. The molecule has 0 aromatic heterocycles. The highest BCUT2D eigenvalue weighted by Gasteiger charge is 2.15. The fraction of sp³-hybridized carbons (Fsp3) is 1.00. The van der Waals surface area contributed by atoms with Gasteiger partial charge in [0.05, 0.1) is 0 Å². The van der Waals surface area contributed by atoms with Crippen LogP contribution in [0.4, 0.5) is 0 Å². The molecule has 2 N–H and O–H groups in total. The van der Waals surface area contributed by atoms with Gasteiger partial charge in [0.15, 0.2) is 0 Å². The van der Waals surface area contributed by atoms with Crippen LogP contribution in [0.5, 0.6) is 0 Å². The zero-order valence-electron chi connectivity index (χ0n) is 11.2. The molecule has 0 aromatic rings. The first-order valence-corrected chi connectivity index (χ1v) is 8.52. The second-order valence-corrected chi connectivity index (χ2v) is 6.76. The Morgan fingerprint density at radius 3 is 2.53 bits per heavy atom. The van der Waals surface area contributed by atoms with Gasteiger partial charge in [0.25, 0.3) is 0 Å². The number of hydrogen-bond donors (Lipinski definition) is 1. The van der Waals surface area contributed by atoms with E-state index in [4.69, 9.17) is 5.73 Å². The zero-order chi connectivity index (χ0) is 12.5. The summed E-state index contributed by atoms with van der Waals surface area (Å²) in [7, 11) is -0.539. The molecule has 3 nitrogen and oxygen atoms in total. The first-order valence-electron chi connectivity index (χ1n) is 7.03. The maximum Gasteiger partial charge on any atom is 0.0363 e. The normalized spacial score (nSPS) is 20.6. The van der Waals surface area contributed by atoms with E-state index in [1.165, 1.54) is 38.6 Å². The molecule has 1 rings (SSSR count). The highest BCUT2D eigenvalue weighted by molar-refractivity contribution is 7.85. The minimum absolute atomic E-state index is 0.539. The SMILES string of the molecule is CCCC(CCN)CCCN1CCS(=O)CC1. The van der Waals surface area contributed by atoms with Crippen molar-refractivity contribution in [1.29, 1.82) is 0 Å². The van der Waals surface area contributed by atoms with Crippen molar-refractivity contribution in [3.8, 4) is 0 Å². The van der Waals surface area contributed by atoms with Crippen molar-refractivity contribution < 1.29 is 4.21 Å². The van der Waals surface area contributed by atoms with Gasteiger partial charge in [-0.2, -0.15) is 0 Å². The van der Waals surface area contributed by atoms with Gasteiger partial charge in [0, 0.05) is 35.4 Å².